The molecule has 0 radical (unpaired) electrons. The number of aromatic amines is 1. The molecule has 0 aliphatic carbocycles. The van der Waals surface area contributed by atoms with Gasteiger partial charge in [-0.05, 0) is 6.42 Å². The van der Waals surface area contributed by atoms with Crippen LogP contribution in [0.4, 0.5) is 5.95 Å². The molecule has 0 spiro atoms. The van der Waals surface area contributed by atoms with E-state index in [4.69, 9.17) is 0 Å². The molecule has 0 unspecified atom stereocenters. The number of H-pyrrole nitrogens is 1. The molecule has 0 atom stereocenters. The SMILES string of the molecule is CCCCNc1ncc(C(=O)CBr)[nH]1. The summed E-state index contributed by atoms with van der Waals surface area (Å²) in [5.41, 5.74) is 0.542. The van der Waals surface area contributed by atoms with E-state index >= 15 is 0 Å². The fourth-order valence-corrected chi connectivity index (χ4v) is 1.31. The standard InChI is InChI=1S/C9H14BrN3O/c1-2-3-4-11-9-12-6-7(13-9)8(14)5-10/h6H,2-5H2,1H3,(H2,11,12,13). The van der Waals surface area contributed by atoms with Gasteiger partial charge in [-0.15, -0.1) is 0 Å². The molecule has 0 aromatic carbocycles. The number of ketones is 1. The van der Waals surface area contributed by atoms with E-state index in [2.05, 4.69) is 38.1 Å². The first kappa shape index (κ1) is 11.2. The molecule has 1 heterocycles. The van der Waals surface area contributed by atoms with Gasteiger partial charge in [0.2, 0.25) is 5.95 Å². The Morgan fingerprint density at radius 2 is 2.50 bits per heavy atom. The van der Waals surface area contributed by atoms with Crippen molar-refractivity contribution in [3.63, 3.8) is 0 Å². The summed E-state index contributed by atoms with van der Waals surface area (Å²) >= 11 is 3.11. The molecule has 0 saturated heterocycles. The van der Waals surface area contributed by atoms with Crippen molar-refractivity contribution < 1.29 is 4.79 Å². The second-order valence-corrected chi connectivity index (χ2v) is 3.54. The molecule has 0 fully saturated rings. The molecule has 1 rings (SSSR count). The smallest absolute Gasteiger partial charge is 0.200 e. The van der Waals surface area contributed by atoms with Gasteiger partial charge in [0.05, 0.1) is 11.5 Å². The lowest BCUT2D eigenvalue weighted by Crippen LogP contribution is -2.04. The van der Waals surface area contributed by atoms with E-state index < -0.39 is 0 Å². The first-order chi connectivity index (χ1) is 6.77. The quantitative estimate of drug-likeness (QED) is 0.468. The Kier molecular flexibility index (Phi) is 4.65. The minimum absolute atomic E-state index is 0.0149. The maximum absolute atomic E-state index is 11.2. The number of carbonyl (C=O) groups excluding carboxylic acids is 1. The van der Waals surface area contributed by atoms with Gasteiger partial charge in [-0.3, -0.25) is 4.79 Å². The summed E-state index contributed by atoms with van der Waals surface area (Å²) in [7, 11) is 0. The van der Waals surface area contributed by atoms with E-state index in [9.17, 15) is 4.79 Å². The Morgan fingerprint density at radius 3 is 3.14 bits per heavy atom. The largest absolute Gasteiger partial charge is 0.356 e. The van der Waals surface area contributed by atoms with Crippen molar-refractivity contribution in [1.82, 2.24) is 9.97 Å². The van der Waals surface area contributed by atoms with Gasteiger partial charge in [-0.2, -0.15) is 0 Å². The van der Waals surface area contributed by atoms with Crippen molar-refractivity contribution in [1.29, 1.82) is 0 Å². The van der Waals surface area contributed by atoms with E-state index in [1.54, 1.807) is 6.20 Å². The average molecular weight is 260 g/mol. The van der Waals surface area contributed by atoms with Crippen molar-refractivity contribution in [2.75, 3.05) is 17.2 Å². The van der Waals surface area contributed by atoms with Gasteiger partial charge < -0.3 is 10.3 Å². The molecule has 0 aliphatic heterocycles. The number of imidazole rings is 1. The number of anilines is 1. The number of rotatable bonds is 6. The Labute approximate surface area is 91.6 Å². The normalized spacial score (nSPS) is 10.1. The number of halogens is 1. The van der Waals surface area contributed by atoms with Crippen molar-refractivity contribution in [3.8, 4) is 0 Å². The maximum atomic E-state index is 11.2. The minimum Gasteiger partial charge on any atom is -0.356 e. The van der Waals surface area contributed by atoms with Crippen molar-refractivity contribution in [3.05, 3.63) is 11.9 Å². The van der Waals surface area contributed by atoms with Crippen LogP contribution in [0.15, 0.2) is 6.20 Å². The fourth-order valence-electron chi connectivity index (χ4n) is 1.01. The highest BCUT2D eigenvalue weighted by molar-refractivity contribution is 9.09. The topological polar surface area (TPSA) is 57.8 Å². The molecular formula is C9H14BrN3O. The Hall–Kier alpha value is -0.840. The molecule has 78 valence electrons. The van der Waals surface area contributed by atoms with Crippen LogP contribution in [0.5, 0.6) is 0 Å². The van der Waals surface area contributed by atoms with E-state index in [0.717, 1.165) is 19.4 Å². The highest BCUT2D eigenvalue weighted by Gasteiger charge is 2.06. The summed E-state index contributed by atoms with van der Waals surface area (Å²) in [6.07, 6.45) is 3.79. The molecular weight excluding hydrogens is 246 g/mol. The molecule has 1 aromatic rings. The van der Waals surface area contributed by atoms with Crippen LogP contribution < -0.4 is 5.32 Å². The summed E-state index contributed by atoms with van der Waals surface area (Å²) in [5, 5.41) is 3.43. The van der Waals surface area contributed by atoms with E-state index in [-0.39, 0.29) is 5.78 Å². The zero-order chi connectivity index (χ0) is 10.4. The summed E-state index contributed by atoms with van der Waals surface area (Å²) in [6.45, 7) is 3.01. The number of carbonyl (C=O) groups is 1. The monoisotopic (exact) mass is 259 g/mol. The number of nitrogens with one attached hydrogen (secondary N) is 2. The number of hydrogen-bond donors (Lipinski definition) is 2. The lowest BCUT2D eigenvalue weighted by molar-refractivity contribution is 0.101. The van der Waals surface area contributed by atoms with Gasteiger partial charge in [-0.25, -0.2) is 4.98 Å². The molecule has 5 heteroatoms. The van der Waals surface area contributed by atoms with Crippen LogP contribution in [0.2, 0.25) is 0 Å². The lowest BCUT2D eigenvalue weighted by atomic mass is 10.3. The average Bonchev–Trinajstić information content (AvgIpc) is 2.66. The summed E-state index contributed by atoms with van der Waals surface area (Å²) in [4.78, 5) is 18.2. The fraction of sp³-hybridized carbons (Fsp3) is 0.556. The second kappa shape index (κ2) is 5.80. The third-order valence-electron chi connectivity index (χ3n) is 1.82. The van der Waals surface area contributed by atoms with Crippen LogP contribution in [0, 0.1) is 0 Å². The molecule has 0 aliphatic rings. The molecule has 1 aromatic heterocycles. The highest BCUT2D eigenvalue weighted by Crippen LogP contribution is 2.04. The van der Waals surface area contributed by atoms with Crippen molar-refractivity contribution >= 4 is 27.7 Å². The lowest BCUT2D eigenvalue weighted by Gasteiger charge is -1.99. The van der Waals surface area contributed by atoms with Gasteiger partial charge in [0.25, 0.3) is 0 Å². The molecule has 0 bridgehead atoms. The predicted molar refractivity (Wildman–Crippen MR) is 60.1 cm³/mol. The first-order valence-corrected chi connectivity index (χ1v) is 5.78. The Morgan fingerprint density at radius 1 is 1.71 bits per heavy atom. The number of alkyl halides is 1. The van der Waals surface area contributed by atoms with E-state index in [1.807, 2.05) is 0 Å². The summed E-state index contributed by atoms with van der Waals surface area (Å²) in [5.74, 6) is 0.684. The van der Waals surface area contributed by atoms with Crippen molar-refractivity contribution in [2.45, 2.75) is 19.8 Å². The predicted octanol–water partition coefficient (Wildman–Crippen LogP) is 2.20. The zero-order valence-corrected chi connectivity index (χ0v) is 9.73. The number of hydrogen-bond acceptors (Lipinski definition) is 3. The van der Waals surface area contributed by atoms with Crippen LogP contribution in [0.3, 0.4) is 0 Å². The number of aromatic nitrogens is 2. The van der Waals surface area contributed by atoms with Gasteiger partial charge in [0.1, 0.15) is 5.69 Å². The van der Waals surface area contributed by atoms with E-state index in [0.29, 0.717) is 17.0 Å². The molecule has 0 amide bonds. The van der Waals surface area contributed by atoms with Crippen molar-refractivity contribution in [2.24, 2.45) is 0 Å². The van der Waals surface area contributed by atoms with Crippen LogP contribution in [0.1, 0.15) is 30.3 Å². The second-order valence-electron chi connectivity index (χ2n) is 2.98. The highest BCUT2D eigenvalue weighted by atomic mass is 79.9. The zero-order valence-electron chi connectivity index (χ0n) is 8.14. The number of Topliss-reactive ketones (excluding diaryl/α,β-unsaturated/α-hetero) is 1. The molecule has 0 saturated carbocycles. The van der Waals surface area contributed by atoms with Crippen LogP contribution in [0.25, 0.3) is 0 Å². The molecule has 14 heavy (non-hydrogen) atoms. The van der Waals surface area contributed by atoms with Crippen LogP contribution in [-0.4, -0.2) is 27.6 Å². The Bertz CT molecular complexity index is 298. The third kappa shape index (κ3) is 3.14. The minimum atomic E-state index is 0.0149. The third-order valence-corrected chi connectivity index (χ3v) is 2.33. The van der Waals surface area contributed by atoms with Gasteiger partial charge in [0.15, 0.2) is 5.78 Å². The molecule has 4 nitrogen and oxygen atoms in total. The van der Waals surface area contributed by atoms with Crippen LogP contribution >= 0.6 is 15.9 Å². The number of unbranched alkanes of at least 4 members (excludes halogenated alkanes) is 1. The Balaban J connectivity index is 2.46. The molecule has 2 N–H and O–H groups in total. The summed E-state index contributed by atoms with van der Waals surface area (Å²) in [6, 6.07) is 0. The van der Waals surface area contributed by atoms with Gasteiger partial charge in [0, 0.05) is 6.54 Å². The first-order valence-electron chi connectivity index (χ1n) is 4.66. The van der Waals surface area contributed by atoms with Crippen LogP contribution in [-0.2, 0) is 0 Å². The maximum Gasteiger partial charge on any atom is 0.200 e. The van der Waals surface area contributed by atoms with Gasteiger partial charge >= 0.3 is 0 Å². The van der Waals surface area contributed by atoms with E-state index in [1.165, 1.54) is 0 Å². The van der Waals surface area contributed by atoms with Gasteiger partial charge in [-0.1, -0.05) is 29.3 Å². The summed E-state index contributed by atoms with van der Waals surface area (Å²) < 4.78 is 0. The number of nitrogens with zero attached hydrogens (tertiary/aromatic N) is 1.